The Morgan fingerprint density at radius 1 is 1.32 bits per heavy atom. The summed E-state index contributed by atoms with van der Waals surface area (Å²) in [6, 6.07) is 4.81. The van der Waals surface area contributed by atoms with E-state index in [0.29, 0.717) is 11.3 Å². The minimum absolute atomic E-state index is 0.0921. The summed E-state index contributed by atoms with van der Waals surface area (Å²) >= 11 is 0. The lowest BCUT2D eigenvalue weighted by Gasteiger charge is -2.26. The largest absolute Gasteiger partial charge is 0.496 e. The minimum atomic E-state index is -0.242. The molecule has 0 aliphatic heterocycles. The smallest absolute Gasteiger partial charge is 0.131 e. The molecule has 108 valence electrons. The molecule has 1 aromatic rings. The van der Waals surface area contributed by atoms with Crippen LogP contribution in [-0.2, 0) is 4.74 Å². The lowest BCUT2D eigenvalue weighted by atomic mass is 9.94. The van der Waals surface area contributed by atoms with Gasteiger partial charge in [-0.05, 0) is 45.9 Å². The van der Waals surface area contributed by atoms with E-state index in [1.54, 1.807) is 26.4 Å². The standard InChI is InChI=1S/C15H24FNO2/c1-15(2,19-5)10-9-12(17-3)14-11(16)7-6-8-13(14)18-4/h6-8,12,17H,9-10H2,1-5H3. The Morgan fingerprint density at radius 2 is 2.00 bits per heavy atom. The van der Waals surface area contributed by atoms with Crippen LogP contribution < -0.4 is 10.1 Å². The highest BCUT2D eigenvalue weighted by molar-refractivity contribution is 5.37. The van der Waals surface area contributed by atoms with Gasteiger partial charge in [0.05, 0.1) is 12.7 Å². The van der Waals surface area contributed by atoms with Gasteiger partial charge in [-0.25, -0.2) is 4.39 Å². The van der Waals surface area contributed by atoms with Crippen molar-refractivity contribution >= 4 is 0 Å². The second kappa shape index (κ2) is 6.87. The van der Waals surface area contributed by atoms with Crippen molar-refractivity contribution < 1.29 is 13.9 Å². The van der Waals surface area contributed by atoms with Gasteiger partial charge in [-0.2, -0.15) is 0 Å². The van der Waals surface area contributed by atoms with Gasteiger partial charge < -0.3 is 14.8 Å². The molecule has 19 heavy (non-hydrogen) atoms. The number of rotatable bonds is 7. The Bertz CT molecular complexity index is 407. The van der Waals surface area contributed by atoms with Crippen molar-refractivity contribution in [2.24, 2.45) is 0 Å². The van der Waals surface area contributed by atoms with Crippen LogP contribution in [0.1, 0.15) is 38.3 Å². The first-order valence-electron chi connectivity index (χ1n) is 6.50. The first-order chi connectivity index (χ1) is 8.95. The summed E-state index contributed by atoms with van der Waals surface area (Å²) in [5, 5.41) is 3.16. The van der Waals surface area contributed by atoms with Gasteiger partial charge in [0.2, 0.25) is 0 Å². The Kier molecular flexibility index (Phi) is 5.76. The molecular formula is C15H24FNO2. The minimum Gasteiger partial charge on any atom is -0.496 e. The number of benzene rings is 1. The van der Waals surface area contributed by atoms with Gasteiger partial charge in [-0.3, -0.25) is 0 Å². The predicted octanol–water partition coefficient (Wildman–Crippen LogP) is 3.30. The summed E-state index contributed by atoms with van der Waals surface area (Å²) in [6.07, 6.45) is 1.60. The molecule has 0 saturated carbocycles. The molecule has 3 nitrogen and oxygen atoms in total. The zero-order chi connectivity index (χ0) is 14.5. The Labute approximate surface area is 115 Å². The molecule has 1 atom stereocenters. The molecule has 1 aromatic carbocycles. The van der Waals surface area contributed by atoms with Crippen molar-refractivity contribution in [1.82, 2.24) is 5.32 Å². The topological polar surface area (TPSA) is 30.5 Å². The van der Waals surface area contributed by atoms with Crippen molar-refractivity contribution in [2.45, 2.75) is 38.3 Å². The van der Waals surface area contributed by atoms with Crippen molar-refractivity contribution in [3.05, 3.63) is 29.6 Å². The van der Waals surface area contributed by atoms with Crippen LogP contribution in [0.25, 0.3) is 0 Å². The summed E-state index contributed by atoms with van der Waals surface area (Å²) in [5.74, 6) is 0.337. The van der Waals surface area contributed by atoms with E-state index in [9.17, 15) is 4.39 Å². The monoisotopic (exact) mass is 269 g/mol. The van der Waals surface area contributed by atoms with Gasteiger partial charge in [0.15, 0.2) is 0 Å². The average Bonchev–Trinajstić information content (AvgIpc) is 2.40. The molecule has 0 aliphatic carbocycles. The van der Waals surface area contributed by atoms with E-state index in [2.05, 4.69) is 5.32 Å². The molecule has 0 bridgehead atoms. The van der Waals surface area contributed by atoms with E-state index in [1.165, 1.54) is 6.07 Å². The summed E-state index contributed by atoms with van der Waals surface area (Å²) < 4.78 is 24.7. The maximum absolute atomic E-state index is 14.0. The van der Waals surface area contributed by atoms with Gasteiger partial charge >= 0.3 is 0 Å². The highest BCUT2D eigenvalue weighted by Crippen LogP contribution is 2.32. The lowest BCUT2D eigenvalue weighted by Crippen LogP contribution is -2.26. The molecule has 0 fully saturated rings. The van der Waals surface area contributed by atoms with Crippen LogP contribution in [0.2, 0.25) is 0 Å². The van der Waals surface area contributed by atoms with Gasteiger partial charge in [-0.15, -0.1) is 0 Å². The molecule has 0 aliphatic rings. The zero-order valence-electron chi connectivity index (χ0n) is 12.4. The second-order valence-electron chi connectivity index (χ2n) is 5.20. The third-order valence-electron chi connectivity index (χ3n) is 3.52. The number of methoxy groups -OCH3 is 2. The first-order valence-corrected chi connectivity index (χ1v) is 6.50. The normalized spacial score (nSPS) is 13.4. The van der Waals surface area contributed by atoms with Gasteiger partial charge in [-0.1, -0.05) is 6.07 Å². The first kappa shape index (κ1) is 15.9. The molecule has 0 amide bonds. The van der Waals surface area contributed by atoms with E-state index in [4.69, 9.17) is 9.47 Å². The highest BCUT2D eigenvalue weighted by Gasteiger charge is 2.23. The van der Waals surface area contributed by atoms with Crippen LogP contribution in [0.4, 0.5) is 4.39 Å². The highest BCUT2D eigenvalue weighted by atomic mass is 19.1. The summed E-state index contributed by atoms with van der Waals surface area (Å²) in [6.45, 7) is 4.05. The van der Waals surface area contributed by atoms with E-state index >= 15 is 0 Å². The quantitative estimate of drug-likeness (QED) is 0.824. The third-order valence-corrected chi connectivity index (χ3v) is 3.52. The van der Waals surface area contributed by atoms with E-state index in [0.717, 1.165) is 12.8 Å². The predicted molar refractivity (Wildman–Crippen MR) is 75.1 cm³/mol. The number of hydrogen-bond donors (Lipinski definition) is 1. The Balaban J connectivity index is 2.91. The zero-order valence-corrected chi connectivity index (χ0v) is 12.4. The molecule has 0 aromatic heterocycles. The fourth-order valence-corrected chi connectivity index (χ4v) is 2.06. The molecule has 0 saturated heterocycles. The maximum atomic E-state index is 14.0. The van der Waals surface area contributed by atoms with Gasteiger partial charge in [0.25, 0.3) is 0 Å². The van der Waals surface area contributed by atoms with Crippen LogP contribution in [0, 0.1) is 5.82 Å². The molecule has 4 heteroatoms. The van der Waals surface area contributed by atoms with Crippen LogP contribution in [0.3, 0.4) is 0 Å². The molecule has 1 N–H and O–H groups in total. The molecule has 0 spiro atoms. The number of hydrogen-bond acceptors (Lipinski definition) is 3. The van der Waals surface area contributed by atoms with Gasteiger partial charge in [0.1, 0.15) is 11.6 Å². The van der Waals surface area contributed by atoms with E-state index in [-0.39, 0.29) is 17.5 Å². The summed E-state index contributed by atoms with van der Waals surface area (Å²) in [7, 11) is 5.08. The third kappa shape index (κ3) is 4.18. The maximum Gasteiger partial charge on any atom is 0.131 e. The Morgan fingerprint density at radius 3 is 2.53 bits per heavy atom. The summed E-state index contributed by atoms with van der Waals surface area (Å²) in [4.78, 5) is 0. The lowest BCUT2D eigenvalue weighted by molar-refractivity contribution is 0.0117. The van der Waals surface area contributed by atoms with Crippen LogP contribution >= 0.6 is 0 Å². The fraction of sp³-hybridized carbons (Fsp3) is 0.600. The Hall–Kier alpha value is -1.13. The summed E-state index contributed by atoms with van der Waals surface area (Å²) in [5.41, 5.74) is 0.368. The number of ether oxygens (including phenoxy) is 2. The van der Waals surface area contributed by atoms with E-state index < -0.39 is 0 Å². The molecular weight excluding hydrogens is 245 g/mol. The SMILES string of the molecule is CNC(CCC(C)(C)OC)c1c(F)cccc1OC. The van der Waals surface area contributed by atoms with Crippen molar-refractivity contribution in [3.8, 4) is 5.75 Å². The van der Waals surface area contributed by atoms with E-state index in [1.807, 2.05) is 20.9 Å². The van der Waals surface area contributed by atoms with Crippen LogP contribution in [0.5, 0.6) is 5.75 Å². The van der Waals surface area contributed by atoms with Crippen molar-refractivity contribution in [1.29, 1.82) is 0 Å². The number of nitrogens with one attached hydrogen (secondary N) is 1. The number of halogens is 1. The molecule has 1 rings (SSSR count). The molecule has 0 heterocycles. The fourth-order valence-electron chi connectivity index (χ4n) is 2.06. The van der Waals surface area contributed by atoms with Crippen molar-refractivity contribution in [3.63, 3.8) is 0 Å². The van der Waals surface area contributed by atoms with Crippen molar-refractivity contribution in [2.75, 3.05) is 21.3 Å². The molecule has 1 unspecified atom stereocenters. The second-order valence-corrected chi connectivity index (χ2v) is 5.20. The van der Waals surface area contributed by atoms with Crippen LogP contribution in [-0.4, -0.2) is 26.9 Å². The molecule has 0 radical (unpaired) electrons. The van der Waals surface area contributed by atoms with Gasteiger partial charge in [0, 0.05) is 18.7 Å². The average molecular weight is 269 g/mol. The van der Waals surface area contributed by atoms with Crippen LogP contribution in [0.15, 0.2) is 18.2 Å².